The lowest BCUT2D eigenvalue weighted by atomic mass is 10.1. The minimum Gasteiger partial charge on any atom is -0.398 e. The number of hydrogen-bond acceptors (Lipinski definition) is 2. The molecule has 0 aliphatic rings. The predicted octanol–water partition coefficient (Wildman–Crippen LogP) is 1.19. The van der Waals surface area contributed by atoms with Crippen LogP contribution < -0.4 is 11.1 Å². The van der Waals surface area contributed by atoms with Gasteiger partial charge in [0.2, 0.25) is 0 Å². The first kappa shape index (κ1) is 11.7. The van der Waals surface area contributed by atoms with Crippen molar-refractivity contribution in [2.75, 3.05) is 12.8 Å². The molecule has 0 aliphatic carbocycles. The van der Waals surface area contributed by atoms with Crippen molar-refractivity contribution in [3.8, 4) is 0 Å². The Labute approximate surface area is 81.5 Å². The standard InChI is InChI=1S/C8H9FN2O.ClH/c1-11-8(12)6-4-5(9)2-3-7(6)10;/h2-4H,10H2,1H3,(H,11,12);1H. The third kappa shape index (κ3) is 2.59. The van der Waals surface area contributed by atoms with E-state index in [1.165, 1.54) is 19.2 Å². The molecule has 0 aromatic heterocycles. The Morgan fingerprint density at radius 3 is 2.69 bits per heavy atom. The molecule has 0 unspecified atom stereocenters. The largest absolute Gasteiger partial charge is 0.398 e. The van der Waals surface area contributed by atoms with Crippen molar-refractivity contribution in [2.24, 2.45) is 0 Å². The number of nitrogen functional groups attached to an aromatic ring is 1. The van der Waals surface area contributed by atoms with E-state index in [9.17, 15) is 9.18 Å². The first-order chi connectivity index (χ1) is 5.65. The Morgan fingerprint density at radius 1 is 1.54 bits per heavy atom. The fourth-order valence-corrected chi connectivity index (χ4v) is 0.860. The van der Waals surface area contributed by atoms with Gasteiger partial charge in [-0.15, -0.1) is 12.4 Å². The highest BCUT2D eigenvalue weighted by Crippen LogP contribution is 2.12. The van der Waals surface area contributed by atoms with Crippen molar-refractivity contribution in [2.45, 2.75) is 0 Å². The third-order valence-corrected chi connectivity index (χ3v) is 1.49. The molecular formula is C8H10ClFN2O. The second kappa shape index (κ2) is 4.67. The van der Waals surface area contributed by atoms with Crippen LogP contribution in [0.1, 0.15) is 10.4 Å². The number of carbonyl (C=O) groups excluding carboxylic acids is 1. The Morgan fingerprint density at radius 2 is 2.15 bits per heavy atom. The zero-order valence-electron chi connectivity index (χ0n) is 7.00. The maximum absolute atomic E-state index is 12.6. The van der Waals surface area contributed by atoms with Crippen LogP contribution in [0, 0.1) is 5.82 Å². The van der Waals surface area contributed by atoms with Gasteiger partial charge < -0.3 is 11.1 Å². The van der Waals surface area contributed by atoms with Gasteiger partial charge in [0.15, 0.2) is 0 Å². The topological polar surface area (TPSA) is 55.1 Å². The van der Waals surface area contributed by atoms with Crippen LogP contribution in [0.5, 0.6) is 0 Å². The van der Waals surface area contributed by atoms with E-state index in [1.54, 1.807) is 0 Å². The molecule has 0 heterocycles. The molecule has 0 spiro atoms. The summed E-state index contributed by atoms with van der Waals surface area (Å²) in [5.41, 5.74) is 5.88. The average Bonchev–Trinajstić information content (AvgIpc) is 2.08. The normalized spacial score (nSPS) is 8.77. The van der Waals surface area contributed by atoms with E-state index in [0.29, 0.717) is 0 Å². The van der Waals surface area contributed by atoms with E-state index in [4.69, 9.17) is 5.73 Å². The molecule has 0 bridgehead atoms. The van der Waals surface area contributed by atoms with Crippen LogP contribution in [-0.4, -0.2) is 13.0 Å². The highest BCUT2D eigenvalue weighted by molar-refractivity contribution is 5.98. The minimum absolute atomic E-state index is 0. The first-order valence-corrected chi connectivity index (χ1v) is 3.42. The zero-order valence-corrected chi connectivity index (χ0v) is 7.82. The van der Waals surface area contributed by atoms with E-state index >= 15 is 0 Å². The van der Waals surface area contributed by atoms with Gasteiger partial charge in [-0.1, -0.05) is 0 Å². The van der Waals surface area contributed by atoms with Gasteiger partial charge >= 0.3 is 0 Å². The van der Waals surface area contributed by atoms with Crippen molar-refractivity contribution >= 4 is 24.0 Å². The Balaban J connectivity index is 0.00000144. The van der Waals surface area contributed by atoms with E-state index in [0.717, 1.165) is 6.07 Å². The lowest BCUT2D eigenvalue weighted by Gasteiger charge is -2.02. The SMILES string of the molecule is CNC(=O)c1cc(F)ccc1N.Cl. The minimum atomic E-state index is -0.470. The molecular weight excluding hydrogens is 195 g/mol. The van der Waals surface area contributed by atoms with Crippen LogP contribution in [0.15, 0.2) is 18.2 Å². The second-order valence-electron chi connectivity index (χ2n) is 2.31. The maximum atomic E-state index is 12.6. The average molecular weight is 205 g/mol. The molecule has 5 heteroatoms. The molecule has 0 atom stereocenters. The Hall–Kier alpha value is -1.29. The number of nitrogens with two attached hydrogens (primary N) is 1. The molecule has 1 amide bonds. The summed E-state index contributed by atoms with van der Waals surface area (Å²) in [7, 11) is 1.46. The van der Waals surface area contributed by atoms with Crippen molar-refractivity contribution in [1.29, 1.82) is 0 Å². The molecule has 0 aliphatic heterocycles. The summed E-state index contributed by atoms with van der Waals surface area (Å²) in [5.74, 6) is -0.852. The fraction of sp³-hybridized carbons (Fsp3) is 0.125. The smallest absolute Gasteiger partial charge is 0.253 e. The van der Waals surface area contributed by atoms with Crippen LogP contribution >= 0.6 is 12.4 Å². The lowest BCUT2D eigenvalue weighted by Crippen LogP contribution is -2.19. The molecule has 0 saturated carbocycles. The van der Waals surface area contributed by atoms with Crippen LogP contribution in [0.25, 0.3) is 0 Å². The zero-order chi connectivity index (χ0) is 9.14. The molecule has 0 radical (unpaired) electrons. The van der Waals surface area contributed by atoms with Gasteiger partial charge in [0, 0.05) is 12.7 Å². The molecule has 0 fully saturated rings. The van der Waals surface area contributed by atoms with Gasteiger partial charge in [0.1, 0.15) is 5.82 Å². The Kier molecular flexibility index (Phi) is 4.20. The van der Waals surface area contributed by atoms with Gasteiger partial charge in [-0.3, -0.25) is 4.79 Å². The molecule has 1 rings (SSSR count). The van der Waals surface area contributed by atoms with Gasteiger partial charge in [-0.2, -0.15) is 0 Å². The fourth-order valence-electron chi connectivity index (χ4n) is 0.860. The third-order valence-electron chi connectivity index (χ3n) is 1.49. The summed E-state index contributed by atoms with van der Waals surface area (Å²) >= 11 is 0. The van der Waals surface area contributed by atoms with Crippen molar-refractivity contribution < 1.29 is 9.18 Å². The van der Waals surface area contributed by atoms with Gasteiger partial charge in [0.05, 0.1) is 5.56 Å². The summed E-state index contributed by atoms with van der Waals surface area (Å²) in [6.07, 6.45) is 0. The number of nitrogens with one attached hydrogen (secondary N) is 1. The molecule has 1 aromatic rings. The number of carbonyl (C=O) groups is 1. The molecule has 1 aromatic carbocycles. The first-order valence-electron chi connectivity index (χ1n) is 3.42. The van der Waals surface area contributed by atoms with Crippen LogP contribution in [0.2, 0.25) is 0 Å². The van der Waals surface area contributed by atoms with Crippen LogP contribution in [0.3, 0.4) is 0 Å². The number of benzene rings is 1. The second-order valence-corrected chi connectivity index (χ2v) is 2.31. The number of halogens is 2. The highest BCUT2D eigenvalue weighted by Gasteiger charge is 2.07. The van der Waals surface area contributed by atoms with Gasteiger partial charge in [-0.25, -0.2) is 4.39 Å². The van der Waals surface area contributed by atoms with E-state index in [-0.39, 0.29) is 29.6 Å². The van der Waals surface area contributed by atoms with E-state index in [2.05, 4.69) is 5.32 Å². The predicted molar refractivity (Wildman–Crippen MR) is 51.5 cm³/mol. The lowest BCUT2D eigenvalue weighted by molar-refractivity contribution is 0.0963. The number of hydrogen-bond donors (Lipinski definition) is 2. The summed E-state index contributed by atoms with van der Waals surface area (Å²) in [6, 6.07) is 3.68. The summed E-state index contributed by atoms with van der Waals surface area (Å²) in [4.78, 5) is 11.0. The van der Waals surface area contributed by atoms with Crippen molar-refractivity contribution in [1.82, 2.24) is 5.32 Å². The van der Waals surface area contributed by atoms with Crippen molar-refractivity contribution in [3.63, 3.8) is 0 Å². The molecule has 13 heavy (non-hydrogen) atoms. The molecule has 72 valence electrons. The number of anilines is 1. The van der Waals surface area contributed by atoms with Crippen LogP contribution in [0.4, 0.5) is 10.1 Å². The van der Waals surface area contributed by atoms with Crippen molar-refractivity contribution in [3.05, 3.63) is 29.6 Å². The monoisotopic (exact) mass is 204 g/mol. The Bertz CT molecular complexity index is 317. The van der Waals surface area contributed by atoms with E-state index < -0.39 is 5.82 Å². The van der Waals surface area contributed by atoms with Crippen LogP contribution in [-0.2, 0) is 0 Å². The van der Waals surface area contributed by atoms with E-state index in [1.807, 2.05) is 0 Å². The summed E-state index contributed by atoms with van der Waals surface area (Å²) in [5, 5.41) is 2.36. The quantitative estimate of drug-likeness (QED) is 0.676. The van der Waals surface area contributed by atoms with Gasteiger partial charge in [-0.05, 0) is 18.2 Å². The summed E-state index contributed by atoms with van der Waals surface area (Å²) in [6.45, 7) is 0. The summed E-state index contributed by atoms with van der Waals surface area (Å²) < 4.78 is 12.6. The molecule has 0 saturated heterocycles. The number of rotatable bonds is 1. The number of amides is 1. The molecule has 3 nitrogen and oxygen atoms in total. The van der Waals surface area contributed by atoms with Gasteiger partial charge in [0.25, 0.3) is 5.91 Å². The highest BCUT2D eigenvalue weighted by atomic mass is 35.5. The molecule has 3 N–H and O–H groups in total. The maximum Gasteiger partial charge on any atom is 0.253 e.